The Hall–Kier alpha value is -2.53. The molecule has 0 aliphatic rings. The van der Waals surface area contributed by atoms with E-state index in [4.69, 9.17) is 4.74 Å². The van der Waals surface area contributed by atoms with Crippen molar-refractivity contribution in [3.8, 4) is 0 Å². The molecule has 26 heavy (non-hydrogen) atoms. The monoisotopic (exact) mass is 411 g/mol. The molecule has 5 heteroatoms. The summed E-state index contributed by atoms with van der Waals surface area (Å²) in [5.74, 6) is -0.745. The number of hydrogen-bond donors (Lipinski definition) is 0. The zero-order valence-corrected chi connectivity index (χ0v) is 16.2. The zero-order valence-electron chi connectivity index (χ0n) is 14.6. The lowest BCUT2D eigenvalue weighted by Gasteiger charge is -2.13. The summed E-state index contributed by atoms with van der Waals surface area (Å²) in [5, 5.41) is 0.738. The number of benzene rings is 2. The van der Waals surface area contributed by atoms with Gasteiger partial charge in [-0.3, -0.25) is 9.78 Å². The second kappa shape index (κ2) is 7.79. The first-order valence-corrected chi connectivity index (χ1v) is 9.14. The van der Waals surface area contributed by atoms with E-state index in [2.05, 4.69) is 20.9 Å². The summed E-state index contributed by atoms with van der Waals surface area (Å²) in [5.41, 5.74) is 3.38. The fourth-order valence-electron chi connectivity index (χ4n) is 2.91. The lowest BCUT2D eigenvalue weighted by atomic mass is 10.0. The third-order valence-electron chi connectivity index (χ3n) is 4.26. The van der Waals surface area contributed by atoms with E-state index in [1.54, 1.807) is 18.2 Å². The molecule has 0 saturated heterocycles. The Kier molecular flexibility index (Phi) is 5.47. The van der Waals surface area contributed by atoms with Gasteiger partial charge in [0.05, 0.1) is 11.1 Å². The van der Waals surface area contributed by atoms with Crippen LogP contribution in [0.3, 0.4) is 0 Å². The quantitative estimate of drug-likeness (QED) is 0.442. The Bertz CT molecular complexity index is 998. The number of halogens is 1. The molecular formula is C21H18BrNO3. The highest BCUT2D eigenvalue weighted by Gasteiger charge is 2.19. The van der Waals surface area contributed by atoms with E-state index in [1.165, 1.54) is 0 Å². The molecule has 3 aromatic rings. The first-order chi connectivity index (χ1) is 12.5. The van der Waals surface area contributed by atoms with Gasteiger partial charge >= 0.3 is 5.97 Å². The molecule has 132 valence electrons. The Labute approximate surface area is 160 Å². The number of Topliss-reactive ketones (excluding diaryl/α,β-unsaturated/α-hetero) is 1. The summed E-state index contributed by atoms with van der Waals surface area (Å²) in [6.07, 6.45) is 0.716. The van der Waals surface area contributed by atoms with Crippen molar-refractivity contribution in [2.75, 3.05) is 6.61 Å². The summed E-state index contributed by atoms with van der Waals surface area (Å²) < 4.78 is 6.14. The second-order valence-corrected chi connectivity index (χ2v) is 6.85. The number of esters is 1. The van der Waals surface area contributed by atoms with Gasteiger partial charge in [-0.25, -0.2) is 4.79 Å². The molecule has 0 bridgehead atoms. The molecule has 0 aliphatic heterocycles. The SMILES string of the molecule is CCc1nc2ccccc2c(C(=O)OCC(=O)c2cccc(Br)c2)c1C. The van der Waals surface area contributed by atoms with E-state index in [0.29, 0.717) is 17.5 Å². The molecule has 2 aromatic carbocycles. The van der Waals surface area contributed by atoms with Gasteiger partial charge in [-0.2, -0.15) is 0 Å². The molecule has 1 heterocycles. The molecular weight excluding hydrogens is 394 g/mol. The predicted molar refractivity (Wildman–Crippen MR) is 105 cm³/mol. The molecule has 0 amide bonds. The van der Waals surface area contributed by atoms with E-state index < -0.39 is 5.97 Å². The first-order valence-electron chi connectivity index (χ1n) is 8.35. The zero-order chi connectivity index (χ0) is 18.7. The van der Waals surface area contributed by atoms with Crippen LogP contribution in [-0.2, 0) is 11.2 Å². The number of para-hydroxylation sites is 1. The Morgan fingerprint density at radius 1 is 1.12 bits per heavy atom. The molecule has 0 N–H and O–H groups in total. The molecule has 3 rings (SSSR count). The lowest BCUT2D eigenvalue weighted by Crippen LogP contribution is -2.16. The van der Waals surface area contributed by atoms with E-state index in [1.807, 2.05) is 44.2 Å². The number of pyridine rings is 1. The molecule has 1 aromatic heterocycles. The maximum absolute atomic E-state index is 12.7. The van der Waals surface area contributed by atoms with Gasteiger partial charge in [-0.05, 0) is 37.1 Å². The number of ketones is 1. The average molecular weight is 412 g/mol. The van der Waals surface area contributed by atoms with Crippen LogP contribution in [0.2, 0.25) is 0 Å². The molecule has 0 spiro atoms. The molecule has 0 fully saturated rings. The number of aryl methyl sites for hydroxylation is 1. The maximum atomic E-state index is 12.7. The van der Waals surface area contributed by atoms with Crippen molar-refractivity contribution in [3.05, 3.63) is 75.4 Å². The largest absolute Gasteiger partial charge is 0.454 e. The number of fused-ring (bicyclic) bond motifs is 1. The predicted octanol–water partition coefficient (Wildman–Crippen LogP) is 4.91. The van der Waals surface area contributed by atoms with Gasteiger partial charge in [-0.1, -0.05) is 53.2 Å². The molecule has 0 aliphatic carbocycles. The van der Waals surface area contributed by atoms with Gasteiger partial charge in [0.2, 0.25) is 0 Å². The van der Waals surface area contributed by atoms with Gasteiger partial charge in [0.25, 0.3) is 0 Å². The van der Waals surface area contributed by atoms with Gasteiger partial charge in [-0.15, -0.1) is 0 Å². The minimum absolute atomic E-state index is 0.244. The normalized spacial score (nSPS) is 10.7. The molecule has 0 unspecified atom stereocenters. The van der Waals surface area contributed by atoms with Crippen LogP contribution in [0, 0.1) is 6.92 Å². The van der Waals surface area contributed by atoms with Crippen LogP contribution in [0.25, 0.3) is 10.9 Å². The van der Waals surface area contributed by atoms with Gasteiger partial charge in [0.15, 0.2) is 12.4 Å². The second-order valence-electron chi connectivity index (χ2n) is 5.94. The third kappa shape index (κ3) is 3.68. The van der Waals surface area contributed by atoms with E-state index in [-0.39, 0.29) is 12.4 Å². The first kappa shape index (κ1) is 18.3. The number of rotatable bonds is 5. The smallest absolute Gasteiger partial charge is 0.339 e. The number of aromatic nitrogens is 1. The van der Waals surface area contributed by atoms with E-state index in [0.717, 1.165) is 26.6 Å². The highest BCUT2D eigenvalue weighted by atomic mass is 79.9. The van der Waals surface area contributed by atoms with Crippen LogP contribution < -0.4 is 0 Å². The number of carbonyl (C=O) groups is 2. The standard InChI is InChI=1S/C21H18BrNO3/c1-3-17-13(2)20(16-9-4-5-10-18(16)23-17)21(25)26-12-19(24)14-7-6-8-15(22)11-14/h4-11H,3,12H2,1-2H3. The van der Waals surface area contributed by atoms with Crippen LogP contribution in [0.15, 0.2) is 53.0 Å². The van der Waals surface area contributed by atoms with Gasteiger partial charge < -0.3 is 4.74 Å². The molecule has 4 nitrogen and oxygen atoms in total. The van der Waals surface area contributed by atoms with Crippen molar-refractivity contribution >= 4 is 38.6 Å². The number of hydrogen-bond acceptors (Lipinski definition) is 4. The van der Waals surface area contributed by atoms with Crippen molar-refractivity contribution in [3.63, 3.8) is 0 Å². The van der Waals surface area contributed by atoms with E-state index >= 15 is 0 Å². The van der Waals surface area contributed by atoms with Crippen LogP contribution in [0.4, 0.5) is 0 Å². The Balaban J connectivity index is 1.88. The van der Waals surface area contributed by atoms with Gasteiger partial charge in [0, 0.05) is 21.1 Å². The Morgan fingerprint density at radius 3 is 2.62 bits per heavy atom. The van der Waals surface area contributed by atoms with Crippen LogP contribution in [0.1, 0.15) is 38.9 Å². The van der Waals surface area contributed by atoms with Crippen molar-refractivity contribution in [2.24, 2.45) is 0 Å². The topological polar surface area (TPSA) is 56.3 Å². The highest BCUT2D eigenvalue weighted by molar-refractivity contribution is 9.10. The molecule has 0 saturated carbocycles. The summed E-state index contributed by atoms with van der Waals surface area (Å²) in [6.45, 7) is 3.56. The van der Waals surface area contributed by atoms with E-state index in [9.17, 15) is 9.59 Å². The number of ether oxygens (including phenoxy) is 1. The highest BCUT2D eigenvalue weighted by Crippen LogP contribution is 2.24. The molecule has 0 radical (unpaired) electrons. The fourth-order valence-corrected chi connectivity index (χ4v) is 3.31. The Morgan fingerprint density at radius 2 is 1.88 bits per heavy atom. The number of nitrogens with zero attached hydrogens (tertiary/aromatic N) is 1. The number of carbonyl (C=O) groups excluding carboxylic acids is 2. The van der Waals surface area contributed by atoms with Crippen molar-refractivity contribution in [2.45, 2.75) is 20.3 Å². The van der Waals surface area contributed by atoms with Crippen LogP contribution >= 0.6 is 15.9 Å². The van der Waals surface area contributed by atoms with Crippen LogP contribution in [0.5, 0.6) is 0 Å². The minimum atomic E-state index is -0.501. The van der Waals surface area contributed by atoms with Crippen LogP contribution in [-0.4, -0.2) is 23.3 Å². The summed E-state index contributed by atoms with van der Waals surface area (Å²) >= 11 is 3.33. The fraction of sp³-hybridized carbons (Fsp3) is 0.190. The van der Waals surface area contributed by atoms with Gasteiger partial charge in [0.1, 0.15) is 0 Å². The van der Waals surface area contributed by atoms with Crippen molar-refractivity contribution < 1.29 is 14.3 Å². The summed E-state index contributed by atoms with van der Waals surface area (Å²) in [7, 11) is 0. The third-order valence-corrected chi connectivity index (χ3v) is 4.75. The van der Waals surface area contributed by atoms with Crippen molar-refractivity contribution in [1.29, 1.82) is 0 Å². The minimum Gasteiger partial charge on any atom is -0.454 e. The lowest BCUT2D eigenvalue weighted by molar-refractivity contribution is 0.0476. The maximum Gasteiger partial charge on any atom is 0.339 e. The summed E-state index contributed by atoms with van der Waals surface area (Å²) in [6, 6.07) is 14.5. The summed E-state index contributed by atoms with van der Waals surface area (Å²) in [4.78, 5) is 29.6. The van der Waals surface area contributed by atoms with Crippen molar-refractivity contribution in [1.82, 2.24) is 4.98 Å². The average Bonchev–Trinajstić information content (AvgIpc) is 2.65. The molecule has 0 atom stereocenters.